The van der Waals surface area contributed by atoms with Gasteiger partial charge < -0.3 is 4.74 Å². The van der Waals surface area contributed by atoms with E-state index in [9.17, 15) is 0 Å². The Labute approximate surface area is 108 Å². The lowest BCUT2D eigenvalue weighted by Gasteiger charge is -2.16. The monoisotopic (exact) mass is 242 g/mol. The summed E-state index contributed by atoms with van der Waals surface area (Å²) in [5, 5.41) is 0. The summed E-state index contributed by atoms with van der Waals surface area (Å²) >= 11 is 0. The largest absolute Gasteiger partial charge is 0.497 e. The van der Waals surface area contributed by atoms with Crippen LogP contribution in [0.2, 0.25) is 0 Å². The predicted molar refractivity (Wildman–Crippen MR) is 72.7 cm³/mol. The lowest BCUT2D eigenvalue weighted by atomic mass is 9.95. The van der Waals surface area contributed by atoms with E-state index in [1.807, 2.05) is 36.7 Å². The lowest BCUT2D eigenvalue weighted by molar-refractivity contribution is 0.415. The van der Waals surface area contributed by atoms with Gasteiger partial charge in [-0.15, -0.1) is 0 Å². The van der Waals surface area contributed by atoms with Gasteiger partial charge >= 0.3 is 0 Å². The molecule has 0 aliphatic heterocycles. The van der Waals surface area contributed by atoms with Gasteiger partial charge in [-0.1, -0.05) is 32.9 Å². The van der Waals surface area contributed by atoms with E-state index in [-0.39, 0.29) is 5.41 Å². The summed E-state index contributed by atoms with van der Waals surface area (Å²) in [4.78, 5) is 8.85. The van der Waals surface area contributed by atoms with Gasteiger partial charge in [0.05, 0.1) is 7.11 Å². The van der Waals surface area contributed by atoms with Gasteiger partial charge in [0.1, 0.15) is 11.6 Å². The Morgan fingerprint density at radius 2 is 1.44 bits per heavy atom. The number of hydrogen-bond acceptors (Lipinski definition) is 3. The van der Waals surface area contributed by atoms with E-state index in [0.717, 1.165) is 22.7 Å². The van der Waals surface area contributed by atoms with Crippen molar-refractivity contribution in [2.75, 3.05) is 7.11 Å². The molecule has 0 fully saturated rings. The average molecular weight is 242 g/mol. The van der Waals surface area contributed by atoms with Crippen molar-refractivity contribution in [2.24, 2.45) is 0 Å². The summed E-state index contributed by atoms with van der Waals surface area (Å²) < 4.78 is 5.14. The molecule has 3 nitrogen and oxygen atoms in total. The van der Waals surface area contributed by atoms with Crippen LogP contribution in [-0.4, -0.2) is 17.1 Å². The number of aromatic nitrogens is 2. The first-order valence-corrected chi connectivity index (χ1v) is 5.97. The van der Waals surface area contributed by atoms with E-state index in [4.69, 9.17) is 4.74 Å². The quantitative estimate of drug-likeness (QED) is 0.809. The molecular weight excluding hydrogens is 224 g/mol. The summed E-state index contributed by atoms with van der Waals surface area (Å²) in [6.45, 7) is 6.32. The summed E-state index contributed by atoms with van der Waals surface area (Å²) in [7, 11) is 1.66. The topological polar surface area (TPSA) is 35.0 Å². The Morgan fingerprint density at radius 3 is 1.89 bits per heavy atom. The van der Waals surface area contributed by atoms with Crippen LogP contribution in [-0.2, 0) is 5.41 Å². The van der Waals surface area contributed by atoms with Crippen LogP contribution < -0.4 is 4.74 Å². The van der Waals surface area contributed by atoms with Gasteiger partial charge in [-0.25, -0.2) is 9.97 Å². The van der Waals surface area contributed by atoms with Crippen LogP contribution >= 0.6 is 0 Å². The molecule has 2 aromatic rings. The number of methoxy groups -OCH3 is 1. The van der Waals surface area contributed by atoms with Gasteiger partial charge in [-0.2, -0.15) is 0 Å². The SMILES string of the molecule is COc1ccc(-c2cnc(C(C)(C)C)nc2)cc1. The molecule has 94 valence electrons. The zero-order chi connectivity index (χ0) is 13.2. The second kappa shape index (κ2) is 4.77. The number of rotatable bonds is 2. The highest BCUT2D eigenvalue weighted by Crippen LogP contribution is 2.23. The van der Waals surface area contributed by atoms with Crippen LogP contribution in [0.15, 0.2) is 36.7 Å². The molecule has 0 bridgehead atoms. The first-order chi connectivity index (χ1) is 8.50. The Kier molecular flexibility index (Phi) is 3.32. The van der Waals surface area contributed by atoms with Crippen molar-refractivity contribution in [1.29, 1.82) is 0 Å². The molecule has 1 aromatic carbocycles. The molecule has 18 heavy (non-hydrogen) atoms. The molecule has 0 atom stereocenters. The Morgan fingerprint density at radius 1 is 0.889 bits per heavy atom. The molecule has 0 aliphatic carbocycles. The standard InChI is InChI=1S/C15H18N2O/c1-15(2,3)14-16-9-12(10-17-14)11-5-7-13(18-4)8-6-11/h5-10H,1-4H3. The smallest absolute Gasteiger partial charge is 0.133 e. The van der Waals surface area contributed by atoms with Gasteiger partial charge in [0.15, 0.2) is 0 Å². The minimum Gasteiger partial charge on any atom is -0.497 e. The maximum Gasteiger partial charge on any atom is 0.133 e. The highest BCUT2D eigenvalue weighted by Gasteiger charge is 2.16. The van der Waals surface area contributed by atoms with E-state index in [1.54, 1.807) is 7.11 Å². The number of benzene rings is 1. The second-order valence-corrected chi connectivity index (χ2v) is 5.27. The minimum atomic E-state index is -0.0154. The molecule has 0 spiro atoms. The summed E-state index contributed by atoms with van der Waals surface area (Å²) in [6.07, 6.45) is 3.74. The van der Waals surface area contributed by atoms with Crippen molar-refractivity contribution in [1.82, 2.24) is 9.97 Å². The fourth-order valence-corrected chi connectivity index (χ4v) is 1.65. The molecular formula is C15H18N2O. The van der Waals surface area contributed by atoms with Crippen LogP contribution in [0.1, 0.15) is 26.6 Å². The summed E-state index contributed by atoms with van der Waals surface area (Å²) in [5.74, 6) is 1.71. The average Bonchev–Trinajstić information content (AvgIpc) is 2.38. The molecule has 0 radical (unpaired) electrons. The maximum atomic E-state index is 5.14. The molecule has 0 unspecified atom stereocenters. The fourth-order valence-electron chi connectivity index (χ4n) is 1.65. The molecule has 0 aliphatic rings. The number of hydrogen-bond donors (Lipinski definition) is 0. The lowest BCUT2D eigenvalue weighted by Crippen LogP contribution is -2.15. The van der Waals surface area contributed by atoms with Crippen molar-refractivity contribution in [2.45, 2.75) is 26.2 Å². The van der Waals surface area contributed by atoms with Crippen LogP contribution in [0.5, 0.6) is 5.75 Å². The van der Waals surface area contributed by atoms with Gasteiger partial charge in [0.2, 0.25) is 0 Å². The van der Waals surface area contributed by atoms with E-state index in [2.05, 4.69) is 30.7 Å². The molecule has 0 saturated carbocycles. The van der Waals surface area contributed by atoms with Crippen molar-refractivity contribution in [3.63, 3.8) is 0 Å². The predicted octanol–water partition coefficient (Wildman–Crippen LogP) is 3.45. The summed E-state index contributed by atoms with van der Waals surface area (Å²) in [5.41, 5.74) is 2.10. The van der Waals surface area contributed by atoms with Crippen molar-refractivity contribution < 1.29 is 4.74 Å². The van der Waals surface area contributed by atoms with Gasteiger partial charge in [0, 0.05) is 23.4 Å². The first-order valence-electron chi connectivity index (χ1n) is 5.97. The number of ether oxygens (including phenoxy) is 1. The third kappa shape index (κ3) is 2.67. The van der Waals surface area contributed by atoms with Crippen molar-refractivity contribution in [3.05, 3.63) is 42.5 Å². The number of nitrogens with zero attached hydrogens (tertiary/aromatic N) is 2. The minimum absolute atomic E-state index is 0.0154. The van der Waals surface area contributed by atoms with Gasteiger partial charge in [-0.05, 0) is 17.7 Å². The zero-order valence-electron chi connectivity index (χ0n) is 11.3. The zero-order valence-corrected chi connectivity index (χ0v) is 11.3. The fraction of sp³-hybridized carbons (Fsp3) is 0.333. The van der Waals surface area contributed by atoms with Crippen LogP contribution in [0.4, 0.5) is 0 Å². The highest BCUT2D eigenvalue weighted by molar-refractivity contribution is 5.62. The van der Waals surface area contributed by atoms with Gasteiger partial charge in [0.25, 0.3) is 0 Å². The highest BCUT2D eigenvalue weighted by atomic mass is 16.5. The molecule has 2 rings (SSSR count). The van der Waals surface area contributed by atoms with E-state index >= 15 is 0 Å². The summed E-state index contributed by atoms with van der Waals surface area (Å²) in [6, 6.07) is 7.89. The van der Waals surface area contributed by atoms with Crippen LogP contribution in [0.3, 0.4) is 0 Å². The molecule has 0 N–H and O–H groups in total. The Bertz CT molecular complexity index is 510. The van der Waals surface area contributed by atoms with Crippen LogP contribution in [0, 0.1) is 0 Å². The molecule has 0 amide bonds. The third-order valence-electron chi connectivity index (χ3n) is 2.75. The normalized spacial score (nSPS) is 11.3. The molecule has 1 aromatic heterocycles. The van der Waals surface area contributed by atoms with E-state index in [0.29, 0.717) is 0 Å². The molecule has 0 saturated heterocycles. The van der Waals surface area contributed by atoms with E-state index < -0.39 is 0 Å². The second-order valence-electron chi connectivity index (χ2n) is 5.27. The molecule has 3 heteroatoms. The van der Waals surface area contributed by atoms with Crippen molar-refractivity contribution >= 4 is 0 Å². The third-order valence-corrected chi connectivity index (χ3v) is 2.75. The van der Waals surface area contributed by atoms with E-state index in [1.165, 1.54) is 0 Å². The molecule has 1 heterocycles. The van der Waals surface area contributed by atoms with Gasteiger partial charge in [-0.3, -0.25) is 0 Å². The van der Waals surface area contributed by atoms with Crippen LogP contribution in [0.25, 0.3) is 11.1 Å². The van der Waals surface area contributed by atoms with Crippen molar-refractivity contribution in [3.8, 4) is 16.9 Å². The first kappa shape index (κ1) is 12.6. The Balaban J connectivity index is 2.28. The maximum absolute atomic E-state index is 5.14. The Hall–Kier alpha value is -1.90.